The number of aryl methyl sites for hydroxylation is 1. The van der Waals surface area contributed by atoms with E-state index in [0.29, 0.717) is 23.4 Å². The molecule has 4 aliphatic carbocycles. The Bertz CT molecular complexity index is 1630. The molecule has 1 amide bonds. The van der Waals surface area contributed by atoms with Crippen molar-refractivity contribution < 1.29 is 4.79 Å². The number of amides is 1. The summed E-state index contributed by atoms with van der Waals surface area (Å²) in [5, 5.41) is 15.6. The highest BCUT2D eigenvalue weighted by atomic mass is 16.2. The molecular formula is C31H33N5O2. The van der Waals surface area contributed by atoms with Crippen LogP contribution in [0, 0.1) is 17.3 Å². The minimum absolute atomic E-state index is 0.0801. The Hall–Kier alpha value is -3.48. The van der Waals surface area contributed by atoms with Gasteiger partial charge in [0.15, 0.2) is 5.69 Å². The summed E-state index contributed by atoms with van der Waals surface area (Å²) in [6.45, 7) is 0. The Kier molecular flexibility index (Phi) is 4.74. The Labute approximate surface area is 221 Å². The van der Waals surface area contributed by atoms with Gasteiger partial charge in [-0.1, -0.05) is 36.4 Å². The quantitative estimate of drug-likeness (QED) is 0.394. The van der Waals surface area contributed by atoms with Crippen LogP contribution in [0.3, 0.4) is 0 Å². The van der Waals surface area contributed by atoms with E-state index in [1.165, 1.54) is 25.7 Å². The van der Waals surface area contributed by atoms with E-state index >= 15 is 0 Å². The highest BCUT2D eigenvalue weighted by Crippen LogP contribution is 2.62. The lowest BCUT2D eigenvalue weighted by atomic mass is 9.49. The number of hydrogen-bond acceptors (Lipinski definition) is 4. The van der Waals surface area contributed by atoms with E-state index in [-0.39, 0.29) is 29.0 Å². The Morgan fingerprint density at radius 2 is 1.53 bits per heavy atom. The fourth-order valence-electron chi connectivity index (χ4n) is 7.63. The van der Waals surface area contributed by atoms with Crippen molar-refractivity contribution in [3.05, 3.63) is 70.3 Å². The zero-order valence-electron chi connectivity index (χ0n) is 21.8. The van der Waals surface area contributed by atoms with Gasteiger partial charge in [-0.15, -0.1) is 0 Å². The largest absolute Gasteiger partial charge is 0.348 e. The van der Waals surface area contributed by atoms with Gasteiger partial charge in [0.05, 0.1) is 22.6 Å². The molecule has 0 radical (unpaired) electrons. The molecular weight excluding hydrogens is 474 g/mol. The summed E-state index contributed by atoms with van der Waals surface area (Å²) in [5.41, 5.74) is 2.97. The Balaban J connectivity index is 1.00. The van der Waals surface area contributed by atoms with Gasteiger partial charge in [-0.2, -0.15) is 10.2 Å². The molecule has 194 valence electrons. The molecule has 2 aromatic carbocycles. The third kappa shape index (κ3) is 3.47. The predicted octanol–water partition coefficient (Wildman–Crippen LogP) is 5.10. The van der Waals surface area contributed by atoms with Crippen LogP contribution >= 0.6 is 0 Å². The standard InChI is InChI=1S/C31H33N5O2/c1-35-25-9-5-4-8-24(25)27(33-35)29(37)32-21-16-31(17-21)14-20(15-31)26-22-6-2-3-7-23(22)30(38)36(34-26)28(18-10-11-18)19-12-13-19/h2-9,18-21,28H,10-17H2,1H3,(H,32,37). The summed E-state index contributed by atoms with van der Waals surface area (Å²) in [6, 6.07) is 16.4. The molecule has 0 bridgehead atoms. The van der Waals surface area contributed by atoms with Crippen molar-refractivity contribution in [1.29, 1.82) is 0 Å². The summed E-state index contributed by atoms with van der Waals surface area (Å²) in [6.07, 6.45) is 9.08. The average Bonchev–Trinajstić information content (AvgIpc) is 3.82. The first-order valence-electron chi connectivity index (χ1n) is 14.2. The number of nitrogens with one attached hydrogen (secondary N) is 1. The van der Waals surface area contributed by atoms with Gasteiger partial charge in [-0.3, -0.25) is 14.3 Å². The van der Waals surface area contributed by atoms with Crippen LogP contribution in [0.4, 0.5) is 0 Å². The number of carbonyl (C=O) groups excluding carboxylic acids is 1. The van der Waals surface area contributed by atoms with E-state index in [1.54, 1.807) is 4.68 Å². The monoisotopic (exact) mass is 507 g/mol. The predicted molar refractivity (Wildman–Crippen MR) is 146 cm³/mol. The molecule has 0 unspecified atom stereocenters. The van der Waals surface area contributed by atoms with E-state index in [0.717, 1.165) is 53.1 Å². The first-order valence-corrected chi connectivity index (χ1v) is 14.2. The van der Waals surface area contributed by atoms with Crippen molar-refractivity contribution in [2.75, 3.05) is 0 Å². The molecule has 0 saturated heterocycles. The third-order valence-corrected chi connectivity index (χ3v) is 9.76. The molecule has 2 heterocycles. The van der Waals surface area contributed by atoms with Gasteiger partial charge in [0.2, 0.25) is 0 Å². The number of rotatable bonds is 6. The van der Waals surface area contributed by atoms with Crippen molar-refractivity contribution in [3.63, 3.8) is 0 Å². The zero-order valence-corrected chi connectivity index (χ0v) is 21.8. The van der Waals surface area contributed by atoms with Crippen LogP contribution in [0.1, 0.15) is 79.5 Å². The highest BCUT2D eigenvalue weighted by molar-refractivity contribution is 6.05. The molecule has 7 heteroatoms. The van der Waals surface area contributed by atoms with Gasteiger partial charge >= 0.3 is 0 Å². The molecule has 1 N–H and O–H groups in total. The van der Waals surface area contributed by atoms with Crippen LogP contribution in [-0.4, -0.2) is 31.5 Å². The molecule has 8 rings (SSSR count). The van der Waals surface area contributed by atoms with Crippen molar-refractivity contribution >= 4 is 27.6 Å². The Morgan fingerprint density at radius 3 is 2.21 bits per heavy atom. The molecule has 4 saturated carbocycles. The van der Waals surface area contributed by atoms with E-state index in [2.05, 4.69) is 16.5 Å². The van der Waals surface area contributed by atoms with Crippen LogP contribution < -0.4 is 10.9 Å². The minimum atomic E-state index is -0.0801. The van der Waals surface area contributed by atoms with Crippen molar-refractivity contribution in [1.82, 2.24) is 24.9 Å². The van der Waals surface area contributed by atoms with Crippen LogP contribution in [-0.2, 0) is 7.05 Å². The van der Waals surface area contributed by atoms with Crippen molar-refractivity contribution in [2.24, 2.45) is 24.3 Å². The smallest absolute Gasteiger partial charge is 0.274 e. The lowest BCUT2D eigenvalue weighted by molar-refractivity contribution is -0.0200. The first kappa shape index (κ1) is 22.5. The van der Waals surface area contributed by atoms with Gasteiger partial charge in [0.1, 0.15) is 0 Å². The molecule has 0 aliphatic heterocycles. The maximum Gasteiger partial charge on any atom is 0.274 e. The van der Waals surface area contributed by atoms with Crippen LogP contribution in [0.25, 0.3) is 21.7 Å². The van der Waals surface area contributed by atoms with Gasteiger partial charge < -0.3 is 5.32 Å². The average molecular weight is 508 g/mol. The second-order valence-corrected chi connectivity index (χ2v) is 12.5. The van der Waals surface area contributed by atoms with E-state index in [4.69, 9.17) is 5.10 Å². The summed E-state index contributed by atoms with van der Waals surface area (Å²) in [7, 11) is 1.88. The molecule has 2 aromatic heterocycles. The molecule has 4 aliphatic rings. The van der Waals surface area contributed by atoms with Gasteiger partial charge in [0, 0.05) is 29.8 Å². The lowest BCUT2D eigenvalue weighted by Gasteiger charge is -2.57. The summed E-state index contributed by atoms with van der Waals surface area (Å²) >= 11 is 0. The molecule has 4 fully saturated rings. The summed E-state index contributed by atoms with van der Waals surface area (Å²) < 4.78 is 3.68. The highest BCUT2D eigenvalue weighted by Gasteiger charge is 2.54. The second-order valence-electron chi connectivity index (χ2n) is 12.5. The fourth-order valence-corrected chi connectivity index (χ4v) is 7.63. The summed E-state index contributed by atoms with van der Waals surface area (Å²) in [5.74, 6) is 1.55. The number of aromatic nitrogens is 4. The molecule has 4 aromatic rings. The van der Waals surface area contributed by atoms with Crippen LogP contribution in [0.5, 0.6) is 0 Å². The number of nitrogens with zero attached hydrogens (tertiary/aromatic N) is 4. The van der Waals surface area contributed by atoms with E-state index < -0.39 is 0 Å². The molecule has 0 atom stereocenters. The summed E-state index contributed by atoms with van der Waals surface area (Å²) in [4.78, 5) is 26.6. The van der Waals surface area contributed by atoms with Crippen LogP contribution in [0.2, 0.25) is 0 Å². The van der Waals surface area contributed by atoms with Crippen molar-refractivity contribution in [2.45, 2.75) is 69.4 Å². The number of carbonyl (C=O) groups is 1. The second kappa shape index (κ2) is 8.01. The molecule has 1 spiro atoms. The zero-order chi connectivity index (χ0) is 25.6. The maximum absolute atomic E-state index is 13.5. The number of hydrogen-bond donors (Lipinski definition) is 1. The third-order valence-electron chi connectivity index (χ3n) is 9.76. The van der Waals surface area contributed by atoms with Gasteiger partial charge in [0.25, 0.3) is 11.5 Å². The topological polar surface area (TPSA) is 81.8 Å². The fraction of sp³-hybridized carbons (Fsp3) is 0.484. The first-order chi connectivity index (χ1) is 18.5. The minimum Gasteiger partial charge on any atom is -0.348 e. The van der Waals surface area contributed by atoms with Crippen molar-refractivity contribution in [3.8, 4) is 0 Å². The number of benzene rings is 2. The number of fused-ring (bicyclic) bond motifs is 2. The van der Waals surface area contributed by atoms with E-state index in [1.807, 2.05) is 54.2 Å². The SMILES string of the molecule is Cn1nc(C(=O)NC2CC3(C2)CC(c2nn(C(C4CC4)C4CC4)c(=O)c4ccccc24)C3)c2ccccc21. The number of para-hydroxylation sites is 1. The normalized spacial score (nSPS) is 26.6. The Morgan fingerprint density at radius 1 is 0.895 bits per heavy atom. The van der Waals surface area contributed by atoms with Gasteiger partial charge in [-0.05, 0) is 80.8 Å². The maximum atomic E-state index is 13.5. The molecule has 7 nitrogen and oxygen atoms in total. The molecule has 38 heavy (non-hydrogen) atoms. The van der Waals surface area contributed by atoms with Gasteiger partial charge in [-0.25, -0.2) is 4.68 Å². The van der Waals surface area contributed by atoms with E-state index in [9.17, 15) is 9.59 Å². The lowest BCUT2D eigenvalue weighted by Crippen LogP contribution is -2.56. The van der Waals surface area contributed by atoms with Crippen LogP contribution in [0.15, 0.2) is 53.3 Å².